The summed E-state index contributed by atoms with van der Waals surface area (Å²) >= 11 is 0. The van der Waals surface area contributed by atoms with Crippen molar-refractivity contribution in [1.29, 1.82) is 0 Å². The van der Waals surface area contributed by atoms with E-state index in [-0.39, 0.29) is 5.41 Å². The monoisotopic (exact) mass is 266 g/mol. The van der Waals surface area contributed by atoms with E-state index in [1.165, 1.54) is 28.5 Å². The van der Waals surface area contributed by atoms with Crippen LogP contribution in [-0.4, -0.2) is 0 Å². The van der Waals surface area contributed by atoms with Gasteiger partial charge >= 0.3 is 0 Å². The second-order valence-electron chi connectivity index (χ2n) is 5.54. The van der Waals surface area contributed by atoms with Crippen molar-refractivity contribution in [2.75, 3.05) is 0 Å². The van der Waals surface area contributed by atoms with E-state index in [0.29, 0.717) is 5.70 Å². The van der Waals surface area contributed by atoms with Crippen LogP contribution in [-0.2, 0) is 5.41 Å². The Bertz CT molecular complexity index is 643. The van der Waals surface area contributed by atoms with Crippen LogP contribution >= 0.6 is 0 Å². The third kappa shape index (κ3) is 1.97. The summed E-state index contributed by atoms with van der Waals surface area (Å²) in [5, 5.41) is 0. The Hall–Kier alpha value is -2.22. The van der Waals surface area contributed by atoms with Crippen LogP contribution in [0.5, 0.6) is 0 Å². The van der Waals surface area contributed by atoms with E-state index in [4.69, 9.17) is 11.5 Å². The molecule has 2 rings (SSSR count). The Morgan fingerprint density at radius 3 is 2.55 bits per heavy atom. The Balaban J connectivity index is 2.71. The van der Waals surface area contributed by atoms with Crippen LogP contribution in [0.4, 0.5) is 0 Å². The molecule has 0 aliphatic heterocycles. The van der Waals surface area contributed by atoms with Gasteiger partial charge in [-0.1, -0.05) is 50.8 Å². The minimum atomic E-state index is -0.0726. The summed E-state index contributed by atoms with van der Waals surface area (Å²) < 4.78 is 0. The fourth-order valence-electron chi connectivity index (χ4n) is 2.91. The van der Waals surface area contributed by atoms with E-state index in [1.807, 2.05) is 19.1 Å². The average Bonchev–Trinajstić information content (AvgIpc) is 2.65. The summed E-state index contributed by atoms with van der Waals surface area (Å²) in [7, 11) is 0. The third-order valence-electron chi connectivity index (χ3n) is 4.00. The van der Waals surface area contributed by atoms with Crippen molar-refractivity contribution in [1.82, 2.24) is 0 Å². The summed E-state index contributed by atoms with van der Waals surface area (Å²) in [4.78, 5) is 0. The van der Waals surface area contributed by atoms with Gasteiger partial charge in [0.05, 0.1) is 5.70 Å². The Labute approximate surface area is 121 Å². The highest BCUT2D eigenvalue weighted by Crippen LogP contribution is 2.47. The maximum absolute atomic E-state index is 5.93. The minimum absolute atomic E-state index is 0.0726. The largest absolute Gasteiger partial charge is 0.403 e. The highest BCUT2D eigenvalue weighted by molar-refractivity contribution is 5.88. The summed E-state index contributed by atoms with van der Waals surface area (Å²) in [6, 6.07) is 6.27. The normalized spacial score (nSPS) is 17.6. The number of nitrogens with two attached hydrogens (primary N) is 2. The molecule has 0 unspecified atom stereocenters. The zero-order valence-corrected chi connectivity index (χ0v) is 12.4. The van der Waals surface area contributed by atoms with Gasteiger partial charge < -0.3 is 11.5 Å². The first-order valence-electron chi connectivity index (χ1n) is 6.79. The van der Waals surface area contributed by atoms with Gasteiger partial charge in [-0.3, -0.25) is 0 Å². The Kier molecular flexibility index (Phi) is 3.58. The molecule has 104 valence electrons. The maximum atomic E-state index is 5.93. The summed E-state index contributed by atoms with van der Waals surface area (Å²) in [5.74, 6) is 0. The number of hydrogen-bond donors (Lipinski definition) is 2. The molecule has 0 spiro atoms. The summed E-state index contributed by atoms with van der Waals surface area (Å²) in [6.07, 6.45) is 7.61. The average molecular weight is 266 g/mol. The van der Waals surface area contributed by atoms with Gasteiger partial charge in [-0.2, -0.15) is 0 Å². The molecule has 0 radical (unpaired) electrons. The van der Waals surface area contributed by atoms with Crippen LogP contribution in [0, 0.1) is 0 Å². The molecular weight excluding hydrogens is 244 g/mol. The molecule has 20 heavy (non-hydrogen) atoms. The molecule has 0 amide bonds. The van der Waals surface area contributed by atoms with Gasteiger partial charge in [0.15, 0.2) is 0 Å². The van der Waals surface area contributed by atoms with Gasteiger partial charge in [-0.05, 0) is 40.8 Å². The zero-order valence-electron chi connectivity index (χ0n) is 12.4. The molecule has 0 saturated carbocycles. The van der Waals surface area contributed by atoms with E-state index in [9.17, 15) is 0 Å². The predicted octanol–water partition coefficient (Wildman–Crippen LogP) is 3.71. The van der Waals surface area contributed by atoms with Crippen LogP contribution in [0.25, 0.3) is 11.3 Å². The lowest BCUT2D eigenvalue weighted by Crippen LogP contribution is -2.16. The molecule has 2 nitrogen and oxygen atoms in total. The van der Waals surface area contributed by atoms with Gasteiger partial charge in [0.25, 0.3) is 0 Å². The Morgan fingerprint density at radius 2 is 2.00 bits per heavy atom. The molecule has 0 bridgehead atoms. The summed E-state index contributed by atoms with van der Waals surface area (Å²) in [5.41, 5.74) is 17.9. The molecule has 0 saturated heterocycles. The summed E-state index contributed by atoms with van der Waals surface area (Å²) in [6.45, 7) is 10.4. The molecule has 4 N–H and O–H groups in total. The molecule has 0 heterocycles. The van der Waals surface area contributed by atoms with Crippen LogP contribution in [0.1, 0.15) is 37.5 Å². The van der Waals surface area contributed by atoms with Crippen molar-refractivity contribution in [3.8, 4) is 0 Å². The second kappa shape index (κ2) is 5.04. The minimum Gasteiger partial charge on any atom is -0.403 e. The van der Waals surface area contributed by atoms with Crippen LogP contribution in [0.15, 0.2) is 54.8 Å². The molecule has 1 aliphatic carbocycles. The topological polar surface area (TPSA) is 52.0 Å². The zero-order chi connectivity index (χ0) is 14.9. The smallest absolute Gasteiger partial charge is 0.0545 e. The van der Waals surface area contributed by atoms with E-state index in [0.717, 1.165) is 5.56 Å². The van der Waals surface area contributed by atoms with Gasteiger partial charge in [0.1, 0.15) is 0 Å². The van der Waals surface area contributed by atoms with Gasteiger partial charge in [-0.15, -0.1) is 0 Å². The fourth-order valence-corrected chi connectivity index (χ4v) is 2.91. The van der Waals surface area contributed by atoms with E-state index in [1.54, 1.807) is 0 Å². The highest BCUT2D eigenvalue weighted by Gasteiger charge is 2.35. The maximum Gasteiger partial charge on any atom is 0.0545 e. The second-order valence-corrected chi connectivity index (χ2v) is 5.54. The van der Waals surface area contributed by atoms with Crippen LogP contribution < -0.4 is 11.5 Å². The number of rotatable bonds is 3. The van der Waals surface area contributed by atoms with Gasteiger partial charge in [-0.25, -0.2) is 0 Å². The number of allylic oxidation sites excluding steroid dienone is 5. The van der Waals surface area contributed by atoms with Crippen LogP contribution in [0.2, 0.25) is 0 Å². The van der Waals surface area contributed by atoms with Gasteiger partial charge in [0, 0.05) is 11.6 Å². The van der Waals surface area contributed by atoms with E-state index < -0.39 is 0 Å². The van der Waals surface area contributed by atoms with Crippen molar-refractivity contribution >= 4 is 11.3 Å². The van der Waals surface area contributed by atoms with Crippen molar-refractivity contribution in [3.63, 3.8) is 0 Å². The number of benzene rings is 1. The van der Waals surface area contributed by atoms with E-state index >= 15 is 0 Å². The SMILES string of the molecule is C=CC1=C(/C=C\C)c2ccc(/C(N)=C/N)cc2C1(C)C. The lowest BCUT2D eigenvalue weighted by atomic mass is 9.80. The molecule has 0 fully saturated rings. The quantitative estimate of drug-likeness (QED) is 0.876. The highest BCUT2D eigenvalue weighted by atomic mass is 14.6. The Morgan fingerprint density at radius 1 is 1.30 bits per heavy atom. The number of hydrogen-bond acceptors (Lipinski definition) is 2. The van der Waals surface area contributed by atoms with Gasteiger partial charge in [0.2, 0.25) is 0 Å². The molecule has 0 aromatic heterocycles. The lowest BCUT2D eigenvalue weighted by molar-refractivity contribution is 0.654. The molecule has 2 heteroatoms. The molecular formula is C18H22N2. The first-order valence-corrected chi connectivity index (χ1v) is 6.79. The standard InChI is InChI=1S/C18H22N2/c1-5-7-13-14-9-8-12(17(20)11-19)10-16(14)18(3,4)15(13)6-2/h5-11H,2,19-20H2,1,3-4H3/b7-5-,17-11-. The number of fused-ring (bicyclic) bond motifs is 1. The fraction of sp³-hybridized carbons (Fsp3) is 0.222. The van der Waals surface area contributed by atoms with Crippen LogP contribution in [0.3, 0.4) is 0 Å². The van der Waals surface area contributed by atoms with E-state index in [2.05, 4.69) is 44.7 Å². The first kappa shape index (κ1) is 14.2. The van der Waals surface area contributed by atoms with Crippen molar-refractivity contribution in [2.45, 2.75) is 26.2 Å². The molecule has 1 aliphatic rings. The van der Waals surface area contributed by atoms with Crippen molar-refractivity contribution in [2.24, 2.45) is 11.5 Å². The van der Waals surface area contributed by atoms with Crippen molar-refractivity contribution in [3.05, 3.63) is 71.5 Å². The molecule has 0 atom stereocenters. The molecule has 1 aromatic rings. The lowest BCUT2D eigenvalue weighted by Gasteiger charge is -2.23. The molecule has 1 aromatic carbocycles. The third-order valence-corrected chi connectivity index (χ3v) is 4.00. The predicted molar refractivity (Wildman–Crippen MR) is 87.8 cm³/mol. The first-order chi connectivity index (χ1) is 9.47. The van der Waals surface area contributed by atoms with Crippen molar-refractivity contribution < 1.29 is 0 Å².